The maximum absolute atomic E-state index is 12.2. The van der Waals surface area contributed by atoms with Crippen molar-refractivity contribution in [1.29, 1.82) is 0 Å². The molecule has 232 valence electrons. The molecule has 0 heterocycles. The van der Waals surface area contributed by atoms with E-state index in [1.807, 2.05) is 20.8 Å². The number of hydrogen-bond donors (Lipinski definition) is 1. The maximum Gasteiger partial charge on any atom is 0.407 e. The zero-order valence-corrected chi connectivity index (χ0v) is 28.2. The number of nitrogens with one attached hydrogen (secondary N) is 1. The van der Waals surface area contributed by atoms with E-state index in [0.717, 1.165) is 45.3 Å². The molecule has 0 aliphatic heterocycles. The SMILES string of the molecule is CCCCCCCCCCCOC(=O)CCCN(CCCNC(=O)OC(C)(C)C)CCO[Si](C)(C)C(C)(C)C. The third kappa shape index (κ3) is 22.3. The van der Waals surface area contributed by atoms with Crippen LogP contribution in [0.3, 0.4) is 0 Å². The van der Waals surface area contributed by atoms with Crippen LogP contribution < -0.4 is 5.32 Å². The third-order valence-electron chi connectivity index (χ3n) is 7.36. The fraction of sp³-hybridized carbons (Fsp3) is 0.935. The fourth-order valence-corrected chi connectivity index (χ4v) is 4.94. The standard InChI is InChI=1S/C31H64N2O5Si/c1-10-11-12-13-14-15-16-17-18-26-36-28(34)21-19-23-33(25-27-37-39(8,9)31(5,6)7)24-20-22-32-29(35)38-30(2,3)4/h10-27H2,1-9H3,(H,32,35). The minimum Gasteiger partial charge on any atom is -0.466 e. The molecule has 1 amide bonds. The highest BCUT2D eigenvalue weighted by atomic mass is 28.4. The topological polar surface area (TPSA) is 77.1 Å². The van der Waals surface area contributed by atoms with Crippen molar-refractivity contribution in [2.75, 3.05) is 39.4 Å². The van der Waals surface area contributed by atoms with Gasteiger partial charge < -0.3 is 24.1 Å². The Hall–Kier alpha value is -1.12. The van der Waals surface area contributed by atoms with E-state index in [2.05, 4.69) is 51.0 Å². The molecular weight excluding hydrogens is 508 g/mol. The van der Waals surface area contributed by atoms with Gasteiger partial charge in [-0.3, -0.25) is 4.79 Å². The van der Waals surface area contributed by atoms with Gasteiger partial charge in [0.15, 0.2) is 8.32 Å². The molecule has 7 nitrogen and oxygen atoms in total. The second-order valence-electron chi connectivity index (χ2n) is 13.4. The molecule has 1 N–H and O–H groups in total. The van der Waals surface area contributed by atoms with Gasteiger partial charge in [0.2, 0.25) is 0 Å². The smallest absolute Gasteiger partial charge is 0.407 e. The third-order valence-corrected chi connectivity index (χ3v) is 11.9. The summed E-state index contributed by atoms with van der Waals surface area (Å²) < 4.78 is 17.2. The van der Waals surface area contributed by atoms with Crippen molar-refractivity contribution in [2.24, 2.45) is 0 Å². The first-order valence-electron chi connectivity index (χ1n) is 15.7. The molecule has 0 aliphatic rings. The van der Waals surface area contributed by atoms with Crippen molar-refractivity contribution >= 4 is 20.4 Å². The zero-order valence-electron chi connectivity index (χ0n) is 27.2. The fourth-order valence-electron chi connectivity index (χ4n) is 3.91. The summed E-state index contributed by atoms with van der Waals surface area (Å²) in [6.45, 7) is 23.3. The average Bonchev–Trinajstić information content (AvgIpc) is 2.80. The first-order valence-corrected chi connectivity index (χ1v) is 18.6. The summed E-state index contributed by atoms with van der Waals surface area (Å²) >= 11 is 0. The van der Waals surface area contributed by atoms with Crippen LogP contribution in [0.1, 0.15) is 126 Å². The lowest BCUT2D eigenvalue weighted by Gasteiger charge is -2.37. The van der Waals surface area contributed by atoms with E-state index in [4.69, 9.17) is 13.9 Å². The first kappa shape index (κ1) is 37.9. The van der Waals surface area contributed by atoms with Crippen LogP contribution in [-0.4, -0.2) is 70.3 Å². The van der Waals surface area contributed by atoms with Crippen LogP contribution in [0, 0.1) is 0 Å². The number of carbonyl (C=O) groups is 2. The highest BCUT2D eigenvalue weighted by Crippen LogP contribution is 2.36. The van der Waals surface area contributed by atoms with Crippen LogP contribution in [0.4, 0.5) is 4.79 Å². The van der Waals surface area contributed by atoms with Gasteiger partial charge in [0, 0.05) is 26.1 Å². The highest BCUT2D eigenvalue weighted by molar-refractivity contribution is 6.74. The Kier molecular flexibility index (Phi) is 20.1. The molecule has 0 saturated heterocycles. The Bertz CT molecular complexity index is 644. The molecule has 0 spiro atoms. The molecule has 0 aromatic heterocycles. The minimum atomic E-state index is -1.81. The van der Waals surface area contributed by atoms with Gasteiger partial charge in [-0.1, -0.05) is 79.1 Å². The van der Waals surface area contributed by atoms with Crippen LogP contribution in [0.25, 0.3) is 0 Å². The summed E-state index contributed by atoms with van der Waals surface area (Å²) in [6.07, 6.45) is 12.9. The number of amides is 1. The minimum absolute atomic E-state index is 0.0985. The normalized spacial score (nSPS) is 12.6. The van der Waals surface area contributed by atoms with E-state index in [-0.39, 0.29) is 17.1 Å². The van der Waals surface area contributed by atoms with E-state index in [1.54, 1.807) is 0 Å². The lowest BCUT2D eigenvalue weighted by Crippen LogP contribution is -2.43. The Morgan fingerprint density at radius 3 is 1.87 bits per heavy atom. The molecular formula is C31H64N2O5Si. The Balaban J connectivity index is 4.33. The van der Waals surface area contributed by atoms with E-state index in [1.165, 1.54) is 44.9 Å². The van der Waals surface area contributed by atoms with Crippen LogP contribution >= 0.6 is 0 Å². The molecule has 0 aromatic carbocycles. The maximum atomic E-state index is 12.2. The Labute approximate surface area is 242 Å². The molecule has 0 atom stereocenters. The summed E-state index contributed by atoms with van der Waals surface area (Å²) in [5.41, 5.74) is -0.500. The number of alkyl carbamates (subject to hydrolysis) is 1. The second-order valence-corrected chi connectivity index (χ2v) is 18.2. The van der Waals surface area contributed by atoms with Crippen LogP contribution in [-0.2, 0) is 18.7 Å². The summed E-state index contributed by atoms with van der Waals surface area (Å²) in [6, 6.07) is 0. The Morgan fingerprint density at radius 1 is 0.744 bits per heavy atom. The molecule has 0 unspecified atom stereocenters. The van der Waals surface area contributed by atoms with Gasteiger partial charge in [0.1, 0.15) is 5.60 Å². The van der Waals surface area contributed by atoms with Gasteiger partial charge in [0.05, 0.1) is 6.61 Å². The molecule has 0 aliphatic carbocycles. The summed E-state index contributed by atoms with van der Waals surface area (Å²) in [4.78, 5) is 26.5. The number of rotatable bonds is 22. The number of ether oxygens (including phenoxy) is 2. The van der Waals surface area contributed by atoms with Crippen LogP contribution in [0.5, 0.6) is 0 Å². The predicted octanol–water partition coefficient (Wildman–Crippen LogP) is 8.08. The number of hydrogen-bond acceptors (Lipinski definition) is 6. The molecule has 0 saturated carbocycles. The van der Waals surface area contributed by atoms with Gasteiger partial charge in [-0.15, -0.1) is 0 Å². The monoisotopic (exact) mass is 572 g/mol. The first-order chi connectivity index (χ1) is 18.2. The van der Waals surface area contributed by atoms with Gasteiger partial charge in [-0.2, -0.15) is 0 Å². The molecule has 39 heavy (non-hydrogen) atoms. The molecule has 0 aromatic rings. The van der Waals surface area contributed by atoms with Crippen LogP contribution in [0.2, 0.25) is 18.1 Å². The van der Waals surface area contributed by atoms with Crippen molar-refractivity contribution in [3.63, 3.8) is 0 Å². The largest absolute Gasteiger partial charge is 0.466 e. The van der Waals surface area contributed by atoms with E-state index in [9.17, 15) is 9.59 Å². The van der Waals surface area contributed by atoms with E-state index >= 15 is 0 Å². The number of unbranched alkanes of at least 4 members (excludes halogenated alkanes) is 8. The lowest BCUT2D eigenvalue weighted by atomic mass is 10.1. The van der Waals surface area contributed by atoms with Crippen LogP contribution in [0.15, 0.2) is 0 Å². The van der Waals surface area contributed by atoms with Gasteiger partial charge in [-0.25, -0.2) is 4.79 Å². The van der Waals surface area contributed by atoms with Crippen molar-refractivity contribution in [1.82, 2.24) is 10.2 Å². The predicted molar refractivity (Wildman–Crippen MR) is 166 cm³/mol. The quantitative estimate of drug-likeness (QED) is 0.0803. The summed E-state index contributed by atoms with van der Waals surface area (Å²) in [5, 5.41) is 3.01. The number of esters is 1. The van der Waals surface area contributed by atoms with Gasteiger partial charge in [-0.05, 0) is 71.3 Å². The molecule has 0 radical (unpaired) electrons. The number of carbonyl (C=O) groups excluding carboxylic acids is 2. The van der Waals surface area contributed by atoms with Gasteiger partial charge >= 0.3 is 12.1 Å². The van der Waals surface area contributed by atoms with Crippen molar-refractivity contribution in [3.8, 4) is 0 Å². The molecule has 0 fully saturated rings. The summed E-state index contributed by atoms with van der Waals surface area (Å²) in [7, 11) is -1.81. The zero-order chi connectivity index (χ0) is 29.8. The lowest BCUT2D eigenvalue weighted by molar-refractivity contribution is -0.144. The molecule has 0 bridgehead atoms. The van der Waals surface area contributed by atoms with Crippen molar-refractivity contribution in [2.45, 2.75) is 149 Å². The van der Waals surface area contributed by atoms with E-state index in [0.29, 0.717) is 26.2 Å². The van der Waals surface area contributed by atoms with Crippen molar-refractivity contribution < 1.29 is 23.5 Å². The van der Waals surface area contributed by atoms with Gasteiger partial charge in [0.25, 0.3) is 0 Å². The molecule has 0 rings (SSSR count). The Morgan fingerprint density at radius 2 is 1.31 bits per heavy atom. The number of nitrogens with zero attached hydrogens (tertiary/aromatic N) is 1. The van der Waals surface area contributed by atoms with E-state index < -0.39 is 13.9 Å². The highest BCUT2D eigenvalue weighted by Gasteiger charge is 2.37. The molecule has 8 heteroatoms. The second kappa shape index (κ2) is 20.7. The average molecular weight is 573 g/mol. The summed E-state index contributed by atoms with van der Waals surface area (Å²) in [5.74, 6) is -0.0985. The van der Waals surface area contributed by atoms with Crippen molar-refractivity contribution in [3.05, 3.63) is 0 Å².